The summed E-state index contributed by atoms with van der Waals surface area (Å²) in [6, 6.07) is 17.9. The van der Waals surface area contributed by atoms with E-state index >= 15 is 0 Å². The molecular formula is C25H17N3O6. The summed E-state index contributed by atoms with van der Waals surface area (Å²) < 4.78 is 0. The molecule has 168 valence electrons. The van der Waals surface area contributed by atoms with Crippen molar-refractivity contribution in [2.24, 2.45) is 11.8 Å². The summed E-state index contributed by atoms with van der Waals surface area (Å²) in [4.78, 5) is 52.0. The van der Waals surface area contributed by atoms with Crippen LogP contribution in [0.4, 0.5) is 11.4 Å². The zero-order valence-electron chi connectivity index (χ0n) is 17.9. The number of anilines is 1. The van der Waals surface area contributed by atoms with Gasteiger partial charge in [-0.15, -0.1) is 0 Å². The summed E-state index contributed by atoms with van der Waals surface area (Å²) >= 11 is 0. The van der Waals surface area contributed by atoms with E-state index in [1.54, 1.807) is 55.5 Å². The van der Waals surface area contributed by atoms with E-state index in [0.717, 1.165) is 4.90 Å². The molecule has 9 heteroatoms. The highest BCUT2D eigenvalue weighted by molar-refractivity contribution is 6.23. The predicted octanol–water partition coefficient (Wildman–Crippen LogP) is 3.69. The Bertz CT molecular complexity index is 1420. The summed E-state index contributed by atoms with van der Waals surface area (Å²) in [5, 5.41) is 24.4. The maximum absolute atomic E-state index is 13.9. The first-order valence-corrected chi connectivity index (χ1v) is 10.8. The number of nitrogens with zero attached hydrogens (tertiary/aromatic N) is 3. The molecule has 3 aromatic carbocycles. The normalized spacial score (nSPS) is 26.1. The molecule has 2 bridgehead atoms. The van der Waals surface area contributed by atoms with E-state index in [-0.39, 0.29) is 11.4 Å². The van der Waals surface area contributed by atoms with Crippen molar-refractivity contribution in [3.8, 4) is 0 Å². The number of benzene rings is 3. The van der Waals surface area contributed by atoms with Crippen LogP contribution in [0.5, 0.6) is 0 Å². The van der Waals surface area contributed by atoms with Crippen LogP contribution in [0.15, 0.2) is 66.7 Å². The van der Waals surface area contributed by atoms with E-state index < -0.39 is 45.0 Å². The Kier molecular flexibility index (Phi) is 3.91. The molecule has 2 atom stereocenters. The third kappa shape index (κ3) is 2.18. The lowest BCUT2D eigenvalue weighted by Gasteiger charge is -2.48. The number of rotatable bonds is 3. The number of aryl methyl sites for hydroxylation is 1. The molecule has 3 aromatic rings. The van der Waals surface area contributed by atoms with Crippen LogP contribution in [0.1, 0.15) is 33.7 Å². The van der Waals surface area contributed by atoms with Crippen molar-refractivity contribution in [1.29, 1.82) is 0 Å². The van der Waals surface area contributed by atoms with Gasteiger partial charge in [0.15, 0.2) is 0 Å². The molecule has 7 rings (SSSR count). The monoisotopic (exact) mass is 455 g/mol. The number of nitro benzene ring substituents is 1. The Balaban J connectivity index is 1.63. The van der Waals surface area contributed by atoms with Crippen molar-refractivity contribution in [1.82, 2.24) is 0 Å². The minimum absolute atomic E-state index is 0.0488. The average molecular weight is 455 g/mol. The average Bonchev–Trinajstić information content (AvgIpc) is 3.10. The molecule has 1 fully saturated rings. The quantitative estimate of drug-likeness (QED) is 0.337. The molecule has 0 radical (unpaired) electrons. The molecule has 4 aliphatic rings. The van der Waals surface area contributed by atoms with E-state index in [1.165, 1.54) is 18.2 Å². The van der Waals surface area contributed by atoms with Gasteiger partial charge in [-0.25, -0.2) is 4.90 Å². The molecule has 9 nitrogen and oxygen atoms in total. The summed E-state index contributed by atoms with van der Waals surface area (Å²) in [6.07, 6.45) is 0. The second-order valence-corrected chi connectivity index (χ2v) is 8.92. The number of carbonyl (C=O) groups is 2. The Labute approximate surface area is 192 Å². The number of hydrogen-bond donors (Lipinski definition) is 0. The molecule has 0 spiro atoms. The first-order valence-electron chi connectivity index (χ1n) is 10.8. The zero-order valence-corrected chi connectivity index (χ0v) is 17.9. The third-order valence-corrected chi connectivity index (χ3v) is 7.51. The number of amides is 2. The fourth-order valence-electron chi connectivity index (χ4n) is 6.23. The van der Waals surface area contributed by atoms with Crippen LogP contribution >= 0.6 is 0 Å². The lowest BCUT2D eigenvalue weighted by molar-refractivity contribution is -0.578. The van der Waals surface area contributed by atoms with Crippen molar-refractivity contribution in [2.45, 2.75) is 18.4 Å². The van der Waals surface area contributed by atoms with Gasteiger partial charge in [0, 0.05) is 33.6 Å². The maximum atomic E-state index is 13.9. The standard InChI is InChI=1S/C25H17N3O6/c1-13-10-11-14(12-19(13)27(31)32)26-23(29)21-20-15-6-2-4-8-17(15)25(28(33)34,22(21)24(26)30)18-9-5-3-7-16(18)20/h2-12,20-22H,1H3/t20?,21-,22-,25?/m1/s1. The SMILES string of the molecule is Cc1ccc(N2C(=O)[C@@H]3C4c5ccccc5C([N+](=O)[O-])(c5ccccc54)[C@H]3C2=O)cc1[N+](=O)[O-]. The van der Waals surface area contributed by atoms with Gasteiger partial charge in [0.2, 0.25) is 11.8 Å². The number of nitro groups is 2. The van der Waals surface area contributed by atoms with E-state index in [4.69, 9.17) is 0 Å². The molecule has 34 heavy (non-hydrogen) atoms. The van der Waals surface area contributed by atoms with Crippen LogP contribution in [0.3, 0.4) is 0 Å². The minimum atomic E-state index is -1.93. The van der Waals surface area contributed by atoms with Gasteiger partial charge in [-0.05, 0) is 24.1 Å². The van der Waals surface area contributed by atoms with Gasteiger partial charge in [0.1, 0.15) is 5.92 Å². The highest BCUT2D eigenvalue weighted by atomic mass is 16.6. The zero-order chi connectivity index (χ0) is 23.9. The van der Waals surface area contributed by atoms with E-state index in [2.05, 4.69) is 0 Å². The van der Waals surface area contributed by atoms with Crippen molar-refractivity contribution < 1.29 is 19.4 Å². The minimum Gasteiger partial charge on any atom is -0.274 e. The second kappa shape index (κ2) is 6.57. The van der Waals surface area contributed by atoms with Gasteiger partial charge in [0.05, 0.1) is 16.5 Å². The second-order valence-electron chi connectivity index (χ2n) is 8.92. The molecule has 3 aliphatic carbocycles. The van der Waals surface area contributed by atoms with Crippen LogP contribution in [0.2, 0.25) is 0 Å². The van der Waals surface area contributed by atoms with Crippen molar-refractivity contribution >= 4 is 23.2 Å². The smallest absolute Gasteiger partial charge is 0.274 e. The van der Waals surface area contributed by atoms with Gasteiger partial charge in [0.25, 0.3) is 11.2 Å². The fraction of sp³-hybridized carbons (Fsp3) is 0.200. The third-order valence-electron chi connectivity index (χ3n) is 7.51. The molecule has 1 aliphatic heterocycles. The van der Waals surface area contributed by atoms with Gasteiger partial charge < -0.3 is 0 Å². The first-order chi connectivity index (χ1) is 16.3. The van der Waals surface area contributed by atoms with Crippen LogP contribution < -0.4 is 4.90 Å². The molecule has 0 unspecified atom stereocenters. The topological polar surface area (TPSA) is 124 Å². The van der Waals surface area contributed by atoms with E-state index in [0.29, 0.717) is 27.8 Å². The number of imide groups is 1. The molecule has 1 heterocycles. The molecule has 0 aromatic heterocycles. The van der Waals surface area contributed by atoms with Crippen LogP contribution in [0.25, 0.3) is 0 Å². The van der Waals surface area contributed by atoms with Crippen LogP contribution in [0, 0.1) is 39.0 Å². The molecule has 2 amide bonds. The lowest BCUT2D eigenvalue weighted by Crippen LogP contribution is -2.57. The maximum Gasteiger partial charge on any atom is 0.285 e. The van der Waals surface area contributed by atoms with Gasteiger partial charge in [-0.1, -0.05) is 54.6 Å². The van der Waals surface area contributed by atoms with Crippen molar-refractivity contribution in [3.05, 3.63) is 115 Å². The van der Waals surface area contributed by atoms with Crippen LogP contribution in [-0.2, 0) is 15.1 Å². The number of carbonyl (C=O) groups excluding carboxylic acids is 2. The Hall–Kier alpha value is -4.40. The van der Waals surface area contributed by atoms with E-state index in [9.17, 15) is 29.8 Å². The summed E-state index contributed by atoms with van der Waals surface area (Å²) in [5.74, 6) is -4.05. The molecule has 0 N–H and O–H groups in total. The predicted molar refractivity (Wildman–Crippen MR) is 120 cm³/mol. The molecular weight excluding hydrogens is 438 g/mol. The van der Waals surface area contributed by atoms with Crippen molar-refractivity contribution in [3.63, 3.8) is 0 Å². The van der Waals surface area contributed by atoms with Gasteiger partial charge in [-0.2, -0.15) is 0 Å². The highest BCUT2D eigenvalue weighted by Crippen LogP contribution is 2.64. The Morgan fingerprint density at radius 1 is 0.853 bits per heavy atom. The summed E-state index contributed by atoms with van der Waals surface area (Å²) in [5.41, 5.74) is 0.441. The Morgan fingerprint density at radius 3 is 2.00 bits per heavy atom. The molecule has 1 saturated heterocycles. The highest BCUT2D eigenvalue weighted by Gasteiger charge is 2.74. The largest absolute Gasteiger partial charge is 0.285 e. The van der Waals surface area contributed by atoms with E-state index in [1.807, 2.05) is 0 Å². The molecule has 0 saturated carbocycles. The number of hydrogen-bond acceptors (Lipinski definition) is 6. The lowest BCUT2D eigenvalue weighted by atomic mass is 9.51. The summed E-state index contributed by atoms with van der Waals surface area (Å²) in [7, 11) is 0. The Morgan fingerprint density at radius 2 is 1.44 bits per heavy atom. The van der Waals surface area contributed by atoms with Crippen molar-refractivity contribution in [2.75, 3.05) is 4.90 Å². The van der Waals surface area contributed by atoms with Crippen LogP contribution in [-0.4, -0.2) is 21.7 Å². The fourth-order valence-corrected chi connectivity index (χ4v) is 6.23. The van der Waals surface area contributed by atoms with Gasteiger partial charge >= 0.3 is 0 Å². The van der Waals surface area contributed by atoms with Gasteiger partial charge in [-0.3, -0.25) is 29.8 Å². The summed E-state index contributed by atoms with van der Waals surface area (Å²) in [6.45, 7) is 1.56. The first kappa shape index (κ1) is 20.2.